The van der Waals surface area contributed by atoms with Crippen molar-refractivity contribution in [3.63, 3.8) is 0 Å². The third kappa shape index (κ3) is 3.16. The number of nitrogens with zero attached hydrogens (tertiary/aromatic N) is 1. The lowest BCUT2D eigenvalue weighted by Gasteiger charge is -2.15. The lowest BCUT2D eigenvalue weighted by molar-refractivity contribution is 0.442. The van der Waals surface area contributed by atoms with Crippen LogP contribution in [0.1, 0.15) is 12.0 Å². The summed E-state index contributed by atoms with van der Waals surface area (Å²) in [4.78, 5) is 4.35. The minimum atomic E-state index is -0.442. The summed E-state index contributed by atoms with van der Waals surface area (Å²) in [5.74, 6) is 0.856. The quantitative estimate of drug-likeness (QED) is 0.929. The van der Waals surface area contributed by atoms with Crippen LogP contribution in [-0.4, -0.2) is 18.9 Å². The lowest BCUT2D eigenvalue weighted by atomic mass is 10.1. The van der Waals surface area contributed by atoms with Crippen molar-refractivity contribution in [1.82, 2.24) is 5.32 Å². The SMILES string of the molecule is Fc1cc(C2=NCCCN2)ccc1Oc1ccccc1Cl. The van der Waals surface area contributed by atoms with E-state index in [2.05, 4.69) is 10.3 Å². The lowest BCUT2D eigenvalue weighted by Crippen LogP contribution is -2.30. The van der Waals surface area contributed by atoms with Crippen LogP contribution in [0, 0.1) is 5.82 Å². The minimum absolute atomic E-state index is 0.142. The highest BCUT2D eigenvalue weighted by molar-refractivity contribution is 6.32. The number of para-hydroxylation sites is 1. The second-order valence-corrected chi connectivity index (χ2v) is 5.10. The van der Waals surface area contributed by atoms with Gasteiger partial charge >= 0.3 is 0 Å². The van der Waals surface area contributed by atoms with Gasteiger partial charge in [0.2, 0.25) is 0 Å². The van der Waals surface area contributed by atoms with Crippen molar-refractivity contribution in [2.45, 2.75) is 6.42 Å². The third-order valence-corrected chi connectivity index (χ3v) is 3.47. The average molecular weight is 305 g/mol. The van der Waals surface area contributed by atoms with Gasteiger partial charge in [0.1, 0.15) is 11.6 Å². The van der Waals surface area contributed by atoms with Gasteiger partial charge in [-0.2, -0.15) is 0 Å². The van der Waals surface area contributed by atoms with Crippen LogP contribution in [-0.2, 0) is 0 Å². The summed E-state index contributed by atoms with van der Waals surface area (Å²) in [7, 11) is 0. The molecule has 3 nitrogen and oxygen atoms in total. The number of aliphatic imine (C=N–C) groups is 1. The molecule has 1 heterocycles. The van der Waals surface area contributed by atoms with Gasteiger partial charge in [-0.3, -0.25) is 4.99 Å². The second kappa shape index (κ2) is 6.14. The number of nitrogens with one attached hydrogen (secondary N) is 1. The van der Waals surface area contributed by atoms with Gasteiger partial charge in [0.05, 0.1) is 5.02 Å². The highest BCUT2D eigenvalue weighted by Gasteiger charge is 2.12. The first kappa shape index (κ1) is 13.9. The maximum absolute atomic E-state index is 14.2. The Morgan fingerprint density at radius 3 is 2.71 bits per heavy atom. The van der Waals surface area contributed by atoms with Gasteiger partial charge in [0, 0.05) is 18.7 Å². The fraction of sp³-hybridized carbons (Fsp3) is 0.188. The fourth-order valence-corrected chi connectivity index (χ4v) is 2.28. The summed E-state index contributed by atoms with van der Waals surface area (Å²) in [6, 6.07) is 11.8. The van der Waals surface area contributed by atoms with Gasteiger partial charge in [-0.1, -0.05) is 23.7 Å². The molecule has 2 aromatic carbocycles. The molecule has 108 valence electrons. The molecule has 0 aromatic heterocycles. The van der Waals surface area contributed by atoms with Crippen molar-refractivity contribution < 1.29 is 9.13 Å². The molecule has 21 heavy (non-hydrogen) atoms. The van der Waals surface area contributed by atoms with Crippen LogP contribution in [0.15, 0.2) is 47.5 Å². The molecule has 1 aliphatic rings. The van der Waals surface area contributed by atoms with E-state index in [1.807, 2.05) is 0 Å². The smallest absolute Gasteiger partial charge is 0.166 e. The molecule has 0 saturated carbocycles. The molecule has 2 aromatic rings. The second-order valence-electron chi connectivity index (χ2n) is 4.69. The van der Waals surface area contributed by atoms with Crippen molar-refractivity contribution in [1.29, 1.82) is 0 Å². The molecule has 3 rings (SSSR count). The standard InChI is InChI=1S/C16H14ClFN2O/c17-12-4-1-2-5-14(12)21-15-7-6-11(10-13(15)18)16-19-8-3-9-20-16/h1-2,4-7,10H,3,8-9H2,(H,19,20). The summed E-state index contributed by atoms with van der Waals surface area (Å²) in [5.41, 5.74) is 0.721. The first-order valence-electron chi connectivity index (χ1n) is 6.74. The molecule has 0 saturated heterocycles. The average Bonchev–Trinajstić information content (AvgIpc) is 2.52. The van der Waals surface area contributed by atoms with Crippen molar-refractivity contribution in [2.24, 2.45) is 4.99 Å². The number of hydrogen-bond acceptors (Lipinski definition) is 3. The van der Waals surface area contributed by atoms with Crippen LogP contribution in [0.5, 0.6) is 11.5 Å². The number of amidine groups is 1. The van der Waals surface area contributed by atoms with E-state index in [0.717, 1.165) is 30.9 Å². The van der Waals surface area contributed by atoms with Crippen molar-refractivity contribution in [3.05, 3.63) is 58.9 Å². The van der Waals surface area contributed by atoms with Crippen LogP contribution < -0.4 is 10.1 Å². The summed E-state index contributed by atoms with van der Waals surface area (Å²) >= 11 is 6.00. The van der Waals surface area contributed by atoms with Crippen molar-refractivity contribution in [2.75, 3.05) is 13.1 Å². The van der Waals surface area contributed by atoms with E-state index < -0.39 is 5.82 Å². The van der Waals surface area contributed by atoms with Gasteiger partial charge in [-0.05, 0) is 36.8 Å². The van der Waals surface area contributed by atoms with Gasteiger partial charge < -0.3 is 10.1 Å². The summed E-state index contributed by atoms with van der Waals surface area (Å²) < 4.78 is 19.7. The predicted molar refractivity (Wildman–Crippen MR) is 81.9 cm³/mol. The Hall–Kier alpha value is -2.07. The molecule has 0 radical (unpaired) electrons. The van der Waals surface area contributed by atoms with Crippen LogP contribution in [0.4, 0.5) is 4.39 Å². The Kier molecular flexibility index (Phi) is 4.06. The van der Waals surface area contributed by atoms with Crippen LogP contribution in [0.2, 0.25) is 5.02 Å². The normalized spacial score (nSPS) is 14.3. The summed E-state index contributed by atoms with van der Waals surface area (Å²) in [6.07, 6.45) is 1.000. The molecule has 5 heteroatoms. The molecule has 0 spiro atoms. The summed E-state index contributed by atoms with van der Waals surface area (Å²) in [6.45, 7) is 1.63. The highest BCUT2D eigenvalue weighted by atomic mass is 35.5. The number of benzene rings is 2. The molecule has 0 amide bonds. The van der Waals surface area contributed by atoms with Crippen LogP contribution in [0.25, 0.3) is 0 Å². The van der Waals surface area contributed by atoms with E-state index in [1.165, 1.54) is 6.07 Å². The Bertz CT molecular complexity index is 688. The van der Waals surface area contributed by atoms with Gasteiger partial charge in [-0.25, -0.2) is 4.39 Å². The maximum Gasteiger partial charge on any atom is 0.166 e. The van der Waals surface area contributed by atoms with Crippen LogP contribution in [0.3, 0.4) is 0 Å². The minimum Gasteiger partial charge on any atom is -0.453 e. The fourth-order valence-electron chi connectivity index (χ4n) is 2.10. The van der Waals surface area contributed by atoms with E-state index in [9.17, 15) is 4.39 Å². The molecule has 0 atom stereocenters. The number of halogens is 2. The molecule has 0 fully saturated rings. The molecule has 0 aliphatic carbocycles. The monoisotopic (exact) mass is 304 g/mol. The zero-order valence-electron chi connectivity index (χ0n) is 11.3. The Balaban J connectivity index is 1.85. The Morgan fingerprint density at radius 1 is 1.14 bits per heavy atom. The zero-order valence-corrected chi connectivity index (χ0v) is 12.0. The van der Waals surface area contributed by atoms with Crippen LogP contribution >= 0.6 is 11.6 Å². The molecular formula is C16H14ClFN2O. The van der Waals surface area contributed by atoms with Crippen molar-refractivity contribution >= 4 is 17.4 Å². The van der Waals surface area contributed by atoms with Gasteiger partial charge in [-0.15, -0.1) is 0 Å². The molecule has 0 unspecified atom stereocenters. The number of ether oxygens (including phenoxy) is 1. The first-order valence-corrected chi connectivity index (χ1v) is 7.12. The topological polar surface area (TPSA) is 33.6 Å². The Morgan fingerprint density at radius 2 is 2.00 bits per heavy atom. The molecule has 1 N–H and O–H groups in total. The van der Waals surface area contributed by atoms with E-state index in [4.69, 9.17) is 16.3 Å². The van der Waals surface area contributed by atoms with E-state index in [1.54, 1.807) is 36.4 Å². The number of rotatable bonds is 3. The zero-order chi connectivity index (χ0) is 14.7. The third-order valence-electron chi connectivity index (χ3n) is 3.16. The van der Waals surface area contributed by atoms with Gasteiger partial charge in [0.15, 0.2) is 11.6 Å². The molecule has 1 aliphatic heterocycles. The summed E-state index contributed by atoms with van der Waals surface area (Å²) in [5, 5.41) is 3.61. The van der Waals surface area contributed by atoms with Gasteiger partial charge in [0.25, 0.3) is 0 Å². The Labute approximate surface area is 127 Å². The molecular weight excluding hydrogens is 291 g/mol. The largest absolute Gasteiger partial charge is 0.453 e. The number of hydrogen-bond donors (Lipinski definition) is 1. The van der Waals surface area contributed by atoms with E-state index in [-0.39, 0.29) is 5.75 Å². The predicted octanol–water partition coefficient (Wildman–Crippen LogP) is 4.01. The first-order chi connectivity index (χ1) is 10.2. The highest BCUT2D eigenvalue weighted by Crippen LogP contribution is 2.30. The maximum atomic E-state index is 14.2. The van der Waals surface area contributed by atoms with Crippen molar-refractivity contribution in [3.8, 4) is 11.5 Å². The van der Waals surface area contributed by atoms with E-state index in [0.29, 0.717) is 10.8 Å². The molecule has 0 bridgehead atoms. The van der Waals surface area contributed by atoms with E-state index >= 15 is 0 Å².